The molecule has 0 saturated carbocycles. The second kappa shape index (κ2) is 7.36. The van der Waals surface area contributed by atoms with E-state index in [1.807, 2.05) is 13.0 Å². The van der Waals surface area contributed by atoms with Crippen molar-refractivity contribution in [2.45, 2.75) is 25.3 Å². The van der Waals surface area contributed by atoms with Gasteiger partial charge in [-0.15, -0.1) is 0 Å². The van der Waals surface area contributed by atoms with Crippen LogP contribution in [0.2, 0.25) is 0 Å². The van der Waals surface area contributed by atoms with Crippen LogP contribution >= 0.6 is 11.8 Å². The van der Waals surface area contributed by atoms with Crippen molar-refractivity contribution in [3.05, 3.63) is 53.0 Å². The van der Waals surface area contributed by atoms with Crippen LogP contribution < -0.4 is 16.2 Å². The highest BCUT2D eigenvalue weighted by atomic mass is 32.2. The second-order valence-electron chi connectivity index (χ2n) is 6.34. The summed E-state index contributed by atoms with van der Waals surface area (Å²) in [7, 11) is 1.46. The lowest BCUT2D eigenvalue weighted by Gasteiger charge is -2.30. The molecule has 0 saturated heterocycles. The van der Waals surface area contributed by atoms with E-state index >= 15 is 0 Å². The van der Waals surface area contributed by atoms with Crippen molar-refractivity contribution in [2.24, 2.45) is 10.7 Å². The van der Waals surface area contributed by atoms with E-state index in [0.717, 1.165) is 16.2 Å². The Morgan fingerprint density at radius 1 is 1.41 bits per heavy atom. The molecule has 9 heteroatoms. The predicted molar refractivity (Wildman–Crippen MR) is 106 cm³/mol. The van der Waals surface area contributed by atoms with Crippen molar-refractivity contribution in [3.63, 3.8) is 0 Å². The molecule has 0 unspecified atom stereocenters. The Balaban J connectivity index is 1.85. The van der Waals surface area contributed by atoms with Gasteiger partial charge in [0, 0.05) is 19.0 Å². The Bertz CT molecular complexity index is 945. The number of ketones is 1. The largest absolute Gasteiger partial charge is 0.480 e. The van der Waals surface area contributed by atoms with Gasteiger partial charge in [-0.25, -0.2) is 9.98 Å². The summed E-state index contributed by atoms with van der Waals surface area (Å²) in [6, 6.07) is 3.63. The van der Waals surface area contributed by atoms with Crippen molar-refractivity contribution >= 4 is 28.5 Å². The molecule has 27 heavy (non-hydrogen) atoms. The number of aromatic nitrogens is 3. The van der Waals surface area contributed by atoms with Crippen LogP contribution in [0.25, 0.3) is 0 Å². The smallest absolute Gasteiger partial charge is 0.234 e. The van der Waals surface area contributed by atoms with E-state index < -0.39 is 5.54 Å². The van der Waals surface area contributed by atoms with E-state index in [1.165, 1.54) is 25.1 Å². The number of nitrogens with two attached hydrogens (primary N) is 2. The van der Waals surface area contributed by atoms with Gasteiger partial charge in [0.2, 0.25) is 5.88 Å². The summed E-state index contributed by atoms with van der Waals surface area (Å²) in [6.07, 6.45) is 3.76. The summed E-state index contributed by atoms with van der Waals surface area (Å²) in [5.41, 5.74) is 12.7. The van der Waals surface area contributed by atoms with E-state index in [4.69, 9.17) is 16.2 Å². The van der Waals surface area contributed by atoms with Gasteiger partial charge in [0.1, 0.15) is 11.2 Å². The summed E-state index contributed by atoms with van der Waals surface area (Å²) in [5, 5.41) is 0.457. The minimum Gasteiger partial charge on any atom is -0.480 e. The highest BCUT2D eigenvalue weighted by molar-refractivity contribution is 8.17. The third-order valence-electron chi connectivity index (χ3n) is 4.14. The molecule has 2 aromatic heterocycles. The van der Waals surface area contributed by atoms with Gasteiger partial charge in [-0.1, -0.05) is 18.3 Å². The number of hydrogen-bond acceptors (Lipinski definition) is 9. The van der Waals surface area contributed by atoms with Crippen molar-refractivity contribution in [3.8, 4) is 5.88 Å². The fourth-order valence-corrected chi connectivity index (χ4v) is 3.76. The van der Waals surface area contributed by atoms with Crippen molar-refractivity contribution in [1.82, 2.24) is 15.0 Å². The number of nitrogens with zero attached hydrogens (tertiary/aromatic N) is 4. The van der Waals surface area contributed by atoms with Crippen LogP contribution in [0.1, 0.15) is 35.1 Å². The fourth-order valence-electron chi connectivity index (χ4n) is 2.87. The van der Waals surface area contributed by atoms with E-state index in [1.54, 1.807) is 12.3 Å². The van der Waals surface area contributed by atoms with E-state index in [9.17, 15) is 4.79 Å². The lowest BCUT2D eigenvalue weighted by Crippen LogP contribution is -2.28. The zero-order chi connectivity index (χ0) is 19.6. The van der Waals surface area contributed by atoms with Crippen LogP contribution in [-0.4, -0.2) is 33.0 Å². The maximum absolute atomic E-state index is 12.6. The zero-order valence-corrected chi connectivity index (χ0v) is 15.9. The third kappa shape index (κ3) is 4.08. The van der Waals surface area contributed by atoms with Gasteiger partial charge in [-0.05, 0) is 29.5 Å². The number of pyridine rings is 1. The summed E-state index contributed by atoms with van der Waals surface area (Å²) >= 11 is 1.37. The number of ether oxygens (including phenoxy) is 1. The monoisotopic (exact) mass is 384 g/mol. The first-order valence-corrected chi connectivity index (χ1v) is 8.98. The van der Waals surface area contributed by atoms with Gasteiger partial charge < -0.3 is 16.2 Å². The number of rotatable bonds is 5. The minimum atomic E-state index is -0.607. The van der Waals surface area contributed by atoms with Gasteiger partial charge >= 0.3 is 0 Å². The molecule has 0 spiro atoms. The lowest BCUT2D eigenvalue weighted by atomic mass is 9.92. The first-order chi connectivity index (χ1) is 12.8. The average Bonchev–Trinajstić information content (AvgIpc) is 2.60. The van der Waals surface area contributed by atoms with Crippen LogP contribution in [0.3, 0.4) is 0 Å². The molecule has 3 heterocycles. The number of carbonyl (C=O) groups is 1. The molecule has 0 fully saturated rings. The third-order valence-corrected chi connectivity index (χ3v) is 4.87. The molecule has 1 atom stereocenters. The SMILES string of the molecule is C=C1C[C@@](C)(c2cc(CC(=O)c3ncc(OC)nc3N)ccn2)N=C(N)S1. The van der Waals surface area contributed by atoms with Crippen LogP contribution in [0.5, 0.6) is 5.88 Å². The minimum absolute atomic E-state index is 0.0403. The zero-order valence-electron chi connectivity index (χ0n) is 15.1. The van der Waals surface area contributed by atoms with Crippen LogP contribution in [0, 0.1) is 0 Å². The number of thioether (sulfide) groups is 1. The average molecular weight is 384 g/mol. The number of methoxy groups -OCH3 is 1. The number of nitrogen functional groups attached to an aromatic ring is 1. The molecule has 3 rings (SSSR count). The highest BCUT2D eigenvalue weighted by Crippen LogP contribution is 2.39. The number of Topliss-reactive ketones (excluding diaryl/α,β-unsaturated/α-hetero) is 1. The van der Waals surface area contributed by atoms with Crippen molar-refractivity contribution in [1.29, 1.82) is 0 Å². The van der Waals surface area contributed by atoms with E-state index in [2.05, 4.69) is 26.5 Å². The fraction of sp³-hybridized carbons (Fsp3) is 0.278. The summed E-state index contributed by atoms with van der Waals surface area (Å²) in [5.74, 6) is 0.0594. The van der Waals surface area contributed by atoms with Crippen LogP contribution in [0.4, 0.5) is 5.82 Å². The lowest BCUT2D eigenvalue weighted by molar-refractivity contribution is 0.0988. The Kier molecular flexibility index (Phi) is 5.13. The standard InChI is InChI=1S/C18H20N6O2S/c1-10-8-18(2,24-17(20)27-10)13-7-11(4-5-21-13)6-12(25)15-16(19)23-14(26-3)9-22-15/h4-5,7,9H,1,6,8H2,2-3H3,(H2,19,23)(H2,20,24)/t18-/m0/s1. The van der Waals surface area contributed by atoms with Gasteiger partial charge in [0.05, 0.1) is 19.0 Å². The Hall–Kier alpha value is -2.94. The molecular formula is C18H20N6O2S. The first-order valence-electron chi connectivity index (χ1n) is 8.17. The Morgan fingerprint density at radius 2 is 2.19 bits per heavy atom. The number of anilines is 1. The number of aliphatic imine (C=N–C) groups is 1. The molecule has 140 valence electrons. The number of hydrogen-bond donors (Lipinski definition) is 2. The normalized spacial score (nSPS) is 19.5. The molecule has 0 bridgehead atoms. The maximum atomic E-state index is 12.6. The molecule has 0 radical (unpaired) electrons. The second-order valence-corrected chi connectivity index (χ2v) is 7.54. The van der Waals surface area contributed by atoms with E-state index in [-0.39, 0.29) is 29.6 Å². The highest BCUT2D eigenvalue weighted by Gasteiger charge is 2.33. The molecule has 4 N–H and O–H groups in total. The van der Waals surface area contributed by atoms with Crippen LogP contribution in [-0.2, 0) is 12.0 Å². The van der Waals surface area contributed by atoms with Crippen molar-refractivity contribution in [2.75, 3.05) is 12.8 Å². The van der Waals surface area contributed by atoms with E-state index in [0.29, 0.717) is 11.6 Å². The Morgan fingerprint density at radius 3 is 2.85 bits per heavy atom. The Labute approximate surface area is 161 Å². The quantitative estimate of drug-likeness (QED) is 0.749. The molecule has 0 aromatic carbocycles. The molecule has 0 aliphatic carbocycles. The van der Waals surface area contributed by atoms with Crippen molar-refractivity contribution < 1.29 is 9.53 Å². The van der Waals surface area contributed by atoms with Gasteiger partial charge in [0.25, 0.3) is 0 Å². The topological polar surface area (TPSA) is 129 Å². The molecule has 8 nitrogen and oxygen atoms in total. The summed E-state index contributed by atoms with van der Waals surface area (Å²) in [6.45, 7) is 5.95. The predicted octanol–water partition coefficient (Wildman–Crippen LogP) is 2.07. The molecule has 1 aliphatic rings. The molecule has 2 aromatic rings. The maximum Gasteiger partial charge on any atom is 0.234 e. The first kappa shape index (κ1) is 18.8. The number of amidine groups is 1. The molecule has 1 aliphatic heterocycles. The molecular weight excluding hydrogens is 364 g/mol. The van der Waals surface area contributed by atoms with Gasteiger partial charge in [-0.3, -0.25) is 9.78 Å². The summed E-state index contributed by atoms with van der Waals surface area (Å²) < 4.78 is 4.95. The van der Waals surface area contributed by atoms with Gasteiger partial charge in [-0.2, -0.15) is 4.98 Å². The van der Waals surface area contributed by atoms with Gasteiger partial charge in [0.15, 0.2) is 16.8 Å². The number of carbonyl (C=O) groups excluding carboxylic acids is 1. The summed E-state index contributed by atoms with van der Waals surface area (Å²) in [4.78, 5) is 30.5. The van der Waals surface area contributed by atoms with Crippen LogP contribution in [0.15, 0.2) is 41.0 Å². The molecule has 0 amide bonds.